The molecule has 14 heavy (non-hydrogen) atoms. The zero-order valence-electron chi connectivity index (χ0n) is 10.7. The maximum absolute atomic E-state index is 3.09. The normalized spacial score (nSPS) is 43.9. The third-order valence-corrected chi connectivity index (χ3v) is 4.88. The fourth-order valence-electron chi connectivity index (χ4n) is 3.44. The van der Waals surface area contributed by atoms with E-state index in [1.54, 1.807) is 0 Å². The van der Waals surface area contributed by atoms with Crippen LogP contribution in [0, 0.1) is 23.2 Å². The number of rotatable bonds is 2. The number of hydrogen-bond donors (Lipinski definition) is 0. The Labute approximate surface area is 93.2 Å². The van der Waals surface area contributed by atoms with Crippen molar-refractivity contribution >= 4 is 17.1 Å². The topological polar surface area (TPSA) is 0 Å². The Morgan fingerprint density at radius 3 is 2.07 bits per heavy atom. The van der Waals surface area contributed by atoms with Gasteiger partial charge in [0.25, 0.3) is 0 Å². The molecule has 1 aliphatic rings. The standard InChI is InChI=1S/C12H26BP/c1-8(2)10-6-12(13,14)7-11(10,5)9(3)4/h8-10H,6-7,13-14H2,1-5H3. The molecule has 0 amide bonds. The van der Waals surface area contributed by atoms with E-state index >= 15 is 0 Å². The predicted octanol–water partition coefficient (Wildman–Crippen LogP) is 2.92. The average molecular weight is 212 g/mol. The van der Waals surface area contributed by atoms with E-state index in [1.165, 1.54) is 12.8 Å². The molecule has 4 unspecified atom stereocenters. The van der Waals surface area contributed by atoms with Crippen molar-refractivity contribution in [2.75, 3.05) is 0 Å². The fraction of sp³-hybridized carbons (Fsp3) is 1.00. The van der Waals surface area contributed by atoms with Gasteiger partial charge in [0.2, 0.25) is 0 Å². The third-order valence-electron chi connectivity index (χ3n) is 4.44. The van der Waals surface area contributed by atoms with Gasteiger partial charge in [0.05, 0.1) is 0 Å². The van der Waals surface area contributed by atoms with Crippen LogP contribution in [0.2, 0.25) is 0 Å². The quantitative estimate of drug-likeness (QED) is 0.487. The molecule has 82 valence electrons. The summed E-state index contributed by atoms with van der Waals surface area (Å²) in [6.07, 6.45) is 2.75. The van der Waals surface area contributed by atoms with Gasteiger partial charge in [-0.05, 0) is 41.1 Å². The van der Waals surface area contributed by atoms with E-state index in [4.69, 9.17) is 0 Å². The van der Waals surface area contributed by atoms with E-state index in [0.29, 0.717) is 10.5 Å². The summed E-state index contributed by atoms with van der Waals surface area (Å²) in [5.74, 6) is 2.52. The van der Waals surface area contributed by atoms with Crippen LogP contribution in [0.1, 0.15) is 47.5 Å². The summed E-state index contributed by atoms with van der Waals surface area (Å²) in [5, 5.41) is 0.480. The smallest absolute Gasteiger partial charge is 0.114 e. The molecule has 1 aliphatic carbocycles. The van der Waals surface area contributed by atoms with Crippen molar-refractivity contribution < 1.29 is 0 Å². The van der Waals surface area contributed by atoms with E-state index in [2.05, 4.69) is 51.7 Å². The van der Waals surface area contributed by atoms with Crippen molar-refractivity contribution in [3.63, 3.8) is 0 Å². The SMILES string of the molecule is BC1(P)CC(C(C)C)C(C)(C(C)C)C1. The average Bonchev–Trinajstić information content (AvgIpc) is 2.22. The second-order valence-electron chi connectivity index (χ2n) is 6.55. The van der Waals surface area contributed by atoms with E-state index in [1.807, 2.05) is 0 Å². The Morgan fingerprint density at radius 1 is 1.29 bits per heavy atom. The minimum atomic E-state index is 0.480. The van der Waals surface area contributed by atoms with Gasteiger partial charge in [-0.1, -0.05) is 34.6 Å². The van der Waals surface area contributed by atoms with Gasteiger partial charge in [-0.15, -0.1) is 9.24 Å². The summed E-state index contributed by atoms with van der Waals surface area (Å²) >= 11 is 0. The molecule has 0 aromatic carbocycles. The van der Waals surface area contributed by atoms with Crippen molar-refractivity contribution in [2.24, 2.45) is 23.2 Å². The molecule has 0 aromatic rings. The van der Waals surface area contributed by atoms with E-state index < -0.39 is 0 Å². The lowest BCUT2D eigenvalue weighted by molar-refractivity contribution is 0.111. The summed E-state index contributed by atoms with van der Waals surface area (Å²) in [6.45, 7) is 12.1. The molecule has 1 rings (SSSR count). The third kappa shape index (κ3) is 2.18. The van der Waals surface area contributed by atoms with E-state index in [-0.39, 0.29) is 0 Å². The fourth-order valence-corrected chi connectivity index (χ4v) is 4.13. The molecule has 0 aromatic heterocycles. The molecular weight excluding hydrogens is 186 g/mol. The van der Waals surface area contributed by atoms with Crippen molar-refractivity contribution in [2.45, 2.75) is 52.5 Å². The molecule has 0 heterocycles. The summed E-state index contributed by atoms with van der Waals surface area (Å²) in [5.41, 5.74) is 0.546. The van der Waals surface area contributed by atoms with Crippen molar-refractivity contribution in [1.82, 2.24) is 0 Å². The first kappa shape index (κ1) is 12.6. The van der Waals surface area contributed by atoms with Crippen LogP contribution in [0.5, 0.6) is 0 Å². The minimum absolute atomic E-state index is 0.480. The van der Waals surface area contributed by atoms with Gasteiger partial charge in [-0.2, -0.15) is 0 Å². The Morgan fingerprint density at radius 2 is 1.79 bits per heavy atom. The lowest BCUT2D eigenvalue weighted by Gasteiger charge is -2.38. The second-order valence-corrected chi connectivity index (χ2v) is 7.94. The highest BCUT2D eigenvalue weighted by molar-refractivity contribution is 7.22. The molecule has 0 nitrogen and oxygen atoms in total. The van der Waals surface area contributed by atoms with Crippen LogP contribution in [0.4, 0.5) is 0 Å². The maximum atomic E-state index is 3.09. The lowest BCUT2D eigenvalue weighted by Crippen LogP contribution is -2.31. The molecular formula is C12H26BP. The van der Waals surface area contributed by atoms with Gasteiger partial charge in [-0.3, -0.25) is 0 Å². The highest BCUT2D eigenvalue weighted by Gasteiger charge is 2.49. The van der Waals surface area contributed by atoms with E-state index in [0.717, 1.165) is 17.8 Å². The largest absolute Gasteiger partial charge is 0.140 e. The van der Waals surface area contributed by atoms with Crippen LogP contribution < -0.4 is 0 Å². The Kier molecular flexibility index (Phi) is 3.43. The van der Waals surface area contributed by atoms with Gasteiger partial charge < -0.3 is 0 Å². The molecule has 4 atom stereocenters. The maximum Gasteiger partial charge on any atom is 0.114 e. The van der Waals surface area contributed by atoms with Gasteiger partial charge in [0, 0.05) is 0 Å². The molecule has 0 spiro atoms. The first-order chi connectivity index (χ1) is 6.19. The minimum Gasteiger partial charge on any atom is -0.140 e. The Hall–Kier alpha value is 0.495. The molecule has 0 N–H and O–H groups in total. The number of hydrogen-bond acceptors (Lipinski definition) is 0. The first-order valence-corrected chi connectivity index (χ1v) is 6.56. The molecule has 0 saturated heterocycles. The van der Waals surface area contributed by atoms with Crippen molar-refractivity contribution in [3.05, 3.63) is 0 Å². The van der Waals surface area contributed by atoms with Crippen molar-refractivity contribution in [3.8, 4) is 0 Å². The monoisotopic (exact) mass is 212 g/mol. The molecule has 1 fully saturated rings. The molecule has 0 bridgehead atoms. The summed E-state index contributed by atoms with van der Waals surface area (Å²) in [6, 6.07) is 0. The highest BCUT2D eigenvalue weighted by Crippen LogP contribution is 2.57. The zero-order chi connectivity index (χ0) is 11.1. The van der Waals surface area contributed by atoms with Crippen LogP contribution in [-0.4, -0.2) is 12.9 Å². The molecule has 1 saturated carbocycles. The lowest BCUT2D eigenvalue weighted by atomic mass is 9.67. The zero-order valence-corrected chi connectivity index (χ0v) is 11.9. The second kappa shape index (κ2) is 3.82. The van der Waals surface area contributed by atoms with Crippen LogP contribution in [-0.2, 0) is 0 Å². The molecule has 0 aliphatic heterocycles. The Balaban J connectivity index is 2.93. The van der Waals surface area contributed by atoms with Gasteiger partial charge in [0.1, 0.15) is 7.85 Å². The summed E-state index contributed by atoms with van der Waals surface area (Å²) in [4.78, 5) is 0. The molecule has 2 heteroatoms. The van der Waals surface area contributed by atoms with Crippen LogP contribution in [0.3, 0.4) is 0 Å². The van der Waals surface area contributed by atoms with Gasteiger partial charge in [0.15, 0.2) is 0 Å². The summed E-state index contributed by atoms with van der Waals surface area (Å²) < 4.78 is 0. The van der Waals surface area contributed by atoms with Crippen LogP contribution >= 0.6 is 9.24 Å². The predicted molar refractivity (Wildman–Crippen MR) is 71.5 cm³/mol. The Bertz CT molecular complexity index is 210. The van der Waals surface area contributed by atoms with Gasteiger partial charge >= 0.3 is 0 Å². The molecule has 0 radical (unpaired) electrons. The highest BCUT2D eigenvalue weighted by atomic mass is 31.0. The van der Waals surface area contributed by atoms with E-state index in [9.17, 15) is 0 Å². The van der Waals surface area contributed by atoms with Crippen LogP contribution in [0.25, 0.3) is 0 Å². The van der Waals surface area contributed by atoms with Gasteiger partial charge in [-0.25, -0.2) is 0 Å². The van der Waals surface area contributed by atoms with Crippen LogP contribution in [0.15, 0.2) is 0 Å². The van der Waals surface area contributed by atoms with Crippen molar-refractivity contribution in [1.29, 1.82) is 0 Å². The first-order valence-electron chi connectivity index (χ1n) is 5.98. The summed E-state index contributed by atoms with van der Waals surface area (Å²) in [7, 11) is 5.49.